The highest BCUT2D eigenvalue weighted by Crippen LogP contribution is 2.38. The van der Waals surface area contributed by atoms with Gasteiger partial charge in [-0.05, 0) is 48.6 Å². The molecule has 0 radical (unpaired) electrons. The predicted molar refractivity (Wildman–Crippen MR) is 110 cm³/mol. The molecule has 9 heteroatoms. The number of alkyl halides is 3. The van der Waals surface area contributed by atoms with Crippen molar-refractivity contribution in [3.05, 3.63) is 47.4 Å². The Hall–Kier alpha value is -2.26. The molecule has 2 atom stereocenters. The van der Waals surface area contributed by atoms with E-state index in [9.17, 15) is 13.2 Å². The third-order valence-electron chi connectivity index (χ3n) is 6.07. The summed E-state index contributed by atoms with van der Waals surface area (Å²) in [4.78, 5) is 18.4. The fraction of sp³-hybridized carbons (Fsp3) is 0.476. The highest BCUT2D eigenvalue weighted by molar-refractivity contribution is 7.18. The van der Waals surface area contributed by atoms with Crippen LogP contribution < -0.4 is 4.90 Å². The van der Waals surface area contributed by atoms with Crippen LogP contribution in [0, 0.1) is 11.8 Å². The van der Waals surface area contributed by atoms with E-state index in [-0.39, 0.29) is 0 Å². The van der Waals surface area contributed by atoms with E-state index in [1.807, 2.05) is 12.4 Å². The molecule has 0 spiro atoms. The number of halogens is 3. The maximum Gasteiger partial charge on any atom is 0.393 e. The van der Waals surface area contributed by atoms with Gasteiger partial charge in [-0.25, -0.2) is 9.97 Å². The van der Waals surface area contributed by atoms with E-state index in [2.05, 4.69) is 36.9 Å². The Morgan fingerprint density at radius 3 is 2.67 bits per heavy atom. The third kappa shape index (κ3) is 4.13. The van der Waals surface area contributed by atoms with Crippen molar-refractivity contribution in [2.75, 3.05) is 31.1 Å². The highest BCUT2D eigenvalue weighted by atomic mass is 32.1. The lowest BCUT2D eigenvalue weighted by Crippen LogP contribution is -2.39. The van der Waals surface area contributed by atoms with Crippen molar-refractivity contribution in [3.8, 4) is 0 Å². The fourth-order valence-electron chi connectivity index (χ4n) is 4.74. The van der Waals surface area contributed by atoms with Crippen molar-refractivity contribution in [2.24, 2.45) is 11.8 Å². The first-order valence-corrected chi connectivity index (χ1v) is 10.9. The quantitative estimate of drug-likeness (QED) is 0.619. The van der Waals surface area contributed by atoms with E-state index in [0.717, 1.165) is 61.7 Å². The third-order valence-corrected chi connectivity index (χ3v) is 7.12. The van der Waals surface area contributed by atoms with Crippen molar-refractivity contribution in [1.29, 1.82) is 0 Å². The van der Waals surface area contributed by atoms with Crippen LogP contribution in [0.4, 0.5) is 19.0 Å². The molecule has 2 fully saturated rings. The van der Waals surface area contributed by atoms with E-state index in [0.29, 0.717) is 21.5 Å². The molecule has 2 saturated heterocycles. The summed E-state index contributed by atoms with van der Waals surface area (Å²) in [6, 6.07) is 5.74. The summed E-state index contributed by atoms with van der Waals surface area (Å²) in [6.45, 7) is 4.80. The molecule has 5 nitrogen and oxygen atoms in total. The molecule has 3 aromatic heterocycles. The van der Waals surface area contributed by atoms with Gasteiger partial charge in [0.05, 0.1) is 11.8 Å². The molecular formula is C21H22F3N5S. The summed E-state index contributed by atoms with van der Waals surface area (Å²) in [5.41, 5.74) is 1.27. The molecule has 5 heterocycles. The zero-order valence-electron chi connectivity index (χ0n) is 16.3. The minimum Gasteiger partial charge on any atom is -0.355 e. The van der Waals surface area contributed by atoms with Crippen LogP contribution in [0.25, 0.3) is 10.2 Å². The van der Waals surface area contributed by atoms with E-state index in [4.69, 9.17) is 0 Å². The monoisotopic (exact) mass is 433 g/mol. The summed E-state index contributed by atoms with van der Waals surface area (Å²) in [5, 5.41) is 0.744. The summed E-state index contributed by atoms with van der Waals surface area (Å²) < 4.78 is 38.5. The normalized spacial score (nSPS) is 22.6. The largest absolute Gasteiger partial charge is 0.393 e. The number of thiophene rings is 1. The number of pyridine rings is 1. The Morgan fingerprint density at radius 2 is 1.87 bits per heavy atom. The minimum atomic E-state index is -4.21. The molecule has 0 amide bonds. The van der Waals surface area contributed by atoms with Gasteiger partial charge >= 0.3 is 6.18 Å². The summed E-state index contributed by atoms with van der Waals surface area (Å²) in [6.07, 6.45) is 1.13. The Bertz CT molecular complexity index is 1020. The molecule has 0 unspecified atom stereocenters. The Morgan fingerprint density at radius 1 is 1.07 bits per heavy atom. The number of hydrogen-bond acceptors (Lipinski definition) is 6. The molecule has 0 aromatic carbocycles. The first-order valence-electron chi connectivity index (χ1n) is 10.1. The average molecular weight is 434 g/mol. The molecule has 30 heavy (non-hydrogen) atoms. The van der Waals surface area contributed by atoms with Gasteiger partial charge in [0, 0.05) is 43.4 Å². The smallest absolute Gasteiger partial charge is 0.355 e. The highest BCUT2D eigenvalue weighted by Gasteiger charge is 2.38. The molecular weight excluding hydrogens is 411 g/mol. The van der Waals surface area contributed by atoms with Crippen LogP contribution >= 0.6 is 11.3 Å². The number of rotatable bonds is 4. The van der Waals surface area contributed by atoms with Crippen LogP contribution in [0.3, 0.4) is 0 Å². The first-order chi connectivity index (χ1) is 14.4. The van der Waals surface area contributed by atoms with Gasteiger partial charge < -0.3 is 4.90 Å². The van der Waals surface area contributed by atoms with Crippen LogP contribution in [-0.4, -0.2) is 52.2 Å². The molecule has 2 aliphatic rings. The Kier molecular flexibility index (Phi) is 5.10. The number of hydrogen-bond donors (Lipinski definition) is 0. The molecule has 0 aliphatic carbocycles. The Labute approximate surface area is 176 Å². The molecule has 0 N–H and O–H groups in total. The molecule has 0 saturated carbocycles. The lowest BCUT2D eigenvalue weighted by atomic mass is 9.88. The van der Waals surface area contributed by atoms with Crippen LogP contribution in [0.1, 0.15) is 16.9 Å². The van der Waals surface area contributed by atoms with Crippen molar-refractivity contribution >= 4 is 27.4 Å². The number of piperidine rings is 1. The van der Waals surface area contributed by atoms with Gasteiger partial charge in [0.15, 0.2) is 0 Å². The number of nitrogens with zero attached hydrogens (tertiary/aromatic N) is 5. The molecule has 158 valence electrons. The maximum absolute atomic E-state index is 12.8. The lowest BCUT2D eigenvalue weighted by molar-refractivity contribution is -0.126. The molecule has 2 aliphatic heterocycles. The molecule has 3 aromatic rings. The number of fused-ring (bicyclic) bond motifs is 2. The van der Waals surface area contributed by atoms with Gasteiger partial charge in [-0.15, -0.1) is 11.3 Å². The van der Waals surface area contributed by atoms with E-state index >= 15 is 0 Å². The number of aromatic nitrogens is 3. The van der Waals surface area contributed by atoms with E-state index in [1.54, 1.807) is 6.07 Å². The maximum atomic E-state index is 12.8. The fourth-order valence-corrected chi connectivity index (χ4v) is 5.76. The topological polar surface area (TPSA) is 45.2 Å². The second-order valence-corrected chi connectivity index (χ2v) is 9.34. The number of anilines is 1. The van der Waals surface area contributed by atoms with Gasteiger partial charge in [0.2, 0.25) is 0 Å². The van der Waals surface area contributed by atoms with Gasteiger partial charge in [-0.3, -0.25) is 9.88 Å². The van der Waals surface area contributed by atoms with Crippen molar-refractivity contribution in [3.63, 3.8) is 0 Å². The second-order valence-electron chi connectivity index (χ2n) is 8.23. The summed E-state index contributed by atoms with van der Waals surface area (Å²) in [7, 11) is 0. The predicted octanol–water partition coefficient (Wildman–Crippen LogP) is 4.15. The molecule has 5 rings (SSSR count). The Balaban J connectivity index is 1.31. The average Bonchev–Trinajstić information content (AvgIpc) is 3.30. The van der Waals surface area contributed by atoms with Gasteiger partial charge in [0.1, 0.15) is 17.0 Å². The standard InChI is InChI=1S/C21H22F3N5S/c22-21(23,24)8-17-7-18-19(26-13-27-20(18)30-17)29-11-15-3-6-28(10-16(15)12-29)9-14-1-4-25-5-2-14/h1-2,4-5,7,13,15-16H,3,6,8-12H2/t15-,16+/m1/s1. The van der Waals surface area contributed by atoms with Crippen molar-refractivity contribution in [1.82, 2.24) is 19.9 Å². The van der Waals surface area contributed by atoms with E-state index < -0.39 is 12.6 Å². The van der Waals surface area contributed by atoms with Crippen LogP contribution in [-0.2, 0) is 13.0 Å². The van der Waals surface area contributed by atoms with Gasteiger partial charge in [-0.1, -0.05) is 0 Å². The first kappa shape index (κ1) is 19.7. The van der Waals surface area contributed by atoms with Crippen molar-refractivity contribution < 1.29 is 13.2 Å². The summed E-state index contributed by atoms with van der Waals surface area (Å²) in [5.74, 6) is 1.91. The lowest BCUT2D eigenvalue weighted by Gasteiger charge is -2.34. The van der Waals surface area contributed by atoms with Crippen LogP contribution in [0.2, 0.25) is 0 Å². The van der Waals surface area contributed by atoms with E-state index in [1.165, 1.54) is 11.9 Å². The minimum absolute atomic E-state index is 0.291. The van der Waals surface area contributed by atoms with Gasteiger partial charge in [0.25, 0.3) is 0 Å². The zero-order chi connectivity index (χ0) is 20.7. The van der Waals surface area contributed by atoms with Crippen molar-refractivity contribution in [2.45, 2.75) is 25.6 Å². The molecule has 0 bridgehead atoms. The van der Waals surface area contributed by atoms with Crippen LogP contribution in [0.5, 0.6) is 0 Å². The van der Waals surface area contributed by atoms with Crippen LogP contribution in [0.15, 0.2) is 36.9 Å². The van der Waals surface area contributed by atoms with Gasteiger partial charge in [-0.2, -0.15) is 13.2 Å². The zero-order valence-corrected chi connectivity index (χ0v) is 17.2. The summed E-state index contributed by atoms with van der Waals surface area (Å²) >= 11 is 1.11. The second kappa shape index (κ2) is 7.77. The number of likely N-dealkylation sites (tertiary alicyclic amines) is 1. The SMILES string of the molecule is FC(F)(F)Cc1cc2c(N3C[C@H]4CCN(Cc5ccncc5)C[C@H]4C3)ncnc2s1.